The molecular weight excluding hydrogens is 451 g/mol. The van der Waals surface area contributed by atoms with Gasteiger partial charge in [-0.3, -0.25) is 9.59 Å². The van der Waals surface area contributed by atoms with Crippen LogP contribution in [-0.4, -0.2) is 38.8 Å². The average Bonchev–Trinajstić information content (AvgIpc) is 3.31. The number of carboxylic acid groups (broad SMARTS) is 1. The Hall–Kier alpha value is -3.95. The van der Waals surface area contributed by atoms with Gasteiger partial charge >= 0.3 is 12.1 Å². The fraction of sp³-hybridized carbons (Fsp3) is 0.250. The van der Waals surface area contributed by atoms with Gasteiger partial charge in [0.1, 0.15) is 6.04 Å². The first-order valence-corrected chi connectivity index (χ1v) is 10.4. The van der Waals surface area contributed by atoms with E-state index in [2.05, 4.69) is 15.3 Å². The second kappa shape index (κ2) is 10.8. The smallest absolute Gasteiger partial charge is 0.416 e. The summed E-state index contributed by atoms with van der Waals surface area (Å²) in [4.78, 5) is 44.2. The first-order valence-electron chi connectivity index (χ1n) is 10.4. The third-order valence-electron chi connectivity index (χ3n) is 5.22. The van der Waals surface area contributed by atoms with Gasteiger partial charge < -0.3 is 15.4 Å². The zero-order valence-electron chi connectivity index (χ0n) is 17.9. The molecule has 0 fully saturated rings. The van der Waals surface area contributed by atoms with Gasteiger partial charge in [0.2, 0.25) is 5.91 Å². The number of rotatable bonds is 10. The van der Waals surface area contributed by atoms with Crippen LogP contribution < -0.4 is 5.32 Å². The van der Waals surface area contributed by atoms with E-state index < -0.39 is 47.8 Å². The summed E-state index contributed by atoms with van der Waals surface area (Å²) >= 11 is 0. The molecule has 3 rings (SSSR count). The number of ketones is 1. The van der Waals surface area contributed by atoms with E-state index >= 15 is 0 Å². The Morgan fingerprint density at radius 2 is 1.76 bits per heavy atom. The minimum absolute atomic E-state index is 0.0792. The number of nitrogens with one attached hydrogen (secondary N) is 2. The highest BCUT2D eigenvalue weighted by Gasteiger charge is 2.32. The molecule has 2 aromatic carbocycles. The van der Waals surface area contributed by atoms with Crippen LogP contribution in [0.2, 0.25) is 0 Å². The molecule has 0 radical (unpaired) electrons. The summed E-state index contributed by atoms with van der Waals surface area (Å²) in [5, 5.41) is 12.0. The maximum atomic E-state index is 13.0. The maximum absolute atomic E-state index is 13.0. The zero-order chi connectivity index (χ0) is 24.7. The molecule has 1 aromatic heterocycles. The number of hydrogen-bond acceptors (Lipinski definition) is 4. The molecule has 1 amide bonds. The molecule has 0 bridgehead atoms. The van der Waals surface area contributed by atoms with Crippen molar-refractivity contribution in [3.8, 4) is 0 Å². The number of imidazole rings is 1. The third kappa shape index (κ3) is 6.77. The first kappa shape index (κ1) is 24.7. The van der Waals surface area contributed by atoms with Crippen molar-refractivity contribution in [2.45, 2.75) is 31.5 Å². The summed E-state index contributed by atoms with van der Waals surface area (Å²) < 4.78 is 39.1. The van der Waals surface area contributed by atoms with Gasteiger partial charge in [0.05, 0.1) is 17.6 Å². The van der Waals surface area contributed by atoms with Crippen molar-refractivity contribution in [2.75, 3.05) is 0 Å². The highest BCUT2D eigenvalue weighted by atomic mass is 19.4. The molecule has 10 heteroatoms. The molecular formula is C24H22F3N3O4. The number of benzene rings is 2. The molecule has 34 heavy (non-hydrogen) atoms. The van der Waals surface area contributed by atoms with Crippen LogP contribution in [0.4, 0.5) is 13.2 Å². The third-order valence-corrected chi connectivity index (χ3v) is 5.22. The number of carboxylic acids is 1. The number of carbonyl (C=O) groups is 3. The molecule has 1 heterocycles. The van der Waals surface area contributed by atoms with Crippen LogP contribution in [0.15, 0.2) is 67.1 Å². The quantitative estimate of drug-likeness (QED) is 0.389. The predicted octanol–water partition coefficient (Wildman–Crippen LogP) is 3.67. The highest BCUT2D eigenvalue weighted by molar-refractivity contribution is 5.99. The monoisotopic (exact) mass is 473 g/mol. The summed E-state index contributed by atoms with van der Waals surface area (Å²) in [5.74, 6) is -3.61. The van der Waals surface area contributed by atoms with Gasteiger partial charge in [0.25, 0.3) is 0 Å². The maximum Gasteiger partial charge on any atom is 0.416 e. The second-order valence-corrected chi connectivity index (χ2v) is 7.76. The summed E-state index contributed by atoms with van der Waals surface area (Å²) in [6.45, 7) is 0. The molecule has 7 nitrogen and oxygen atoms in total. The molecule has 178 valence electrons. The van der Waals surface area contributed by atoms with Crippen molar-refractivity contribution in [3.63, 3.8) is 0 Å². The number of hydrogen-bond donors (Lipinski definition) is 3. The van der Waals surface area contributed by atoms with Crippen LogP contribution >= 0.6 is 0 Å². The van der Waals surface area contributed by atoms with Gasteiger partial charge in [0.15, 0.2) is 5.78 Å². The van der Waals surface area contributed by atoms with Crippen LogP contribution in [0.3, 0.4) is 0 Å². The van der Waals surface area contributed by atoms with E-state index in [4.69, 9.17) is 0 Å². The Labute approximate surface area is 193 Å². The van der Waals surface area contributed by atoms with Crippen LogP contribution in [0.25, 0.3) is 0 Å². The average molecular weight is 473 g/mol. The Balaban J connectivity index is 1.81. The topological polar surface area (TPSA) is 112 Å². The van der Waals surface area contributed by atoms with E-state index in [0.29, 0.717) is 5.69 Å². The minimum atomic E-state index is -4.61. The molecule has 0 aliphatic heterocycles. The van der Waals surface area contributed by atoms with Crippen molar-refractivity contribution < 1.29 is 32.7 Å². The highest BCUT2D eigenvalue weighted by Crippen LogP contribution is 2.30. The summed E-state index contributed by atoms with van der Waals surface area (Å²) in [6.07, 6.45) is -2.10. The van der Waals surface area contributed by atoms with E-state index in [-0.39, 0.29) is 18.4 Å². The number of H-pyrrole nitrogens is 1. The molecule has 2 atom stereocenters. The number of nitrogens with zero attached hydrogens (tertiary/aromatic N) is 1. The van der Waals surface area contributed by atoms with Crippen molar-refractivity contribution in [1.82, 2.24) is 15.3 Å². The molecule has 0 aliphatic carbocycles. The summed E-state index contributed by atoms with van der Waals surface area (Å²) in [7, 11) is 0. The van der Waals surface area contributed by atoms with E-state index in [1.807, 2.05) is 0 Å². The molecule has 0 saturated carbocycles. The zero-order valence-corrected chi connectivity index (χ0v) is 17.9. The van der Waals surface area contributed by atoms with E-state index in [9.17, 15) is 32.7 Å². The molecule has 0 saturated heterocycles. The van der Waals surface area contributed by atoms with Crippen molar-refractivity contribution >= 4 is 17.7 Å². The predicted molar refractivity (Wildman–Crippen MR) is 116 cm³/mol. The molecule has 3 aromatic rings. The number of halogens is 3. The van der Waals surface area contributed by atoms with E-state index in [1.54, 1.807) is 30.3 Å². The number of carbonyl (C=O) groups excluding carboxylic acids is 2. The largest absolute Gasteiger partial charge is 0.480 e. The van der Waals surface area contributed by atoms with Crippen molar-refractivity contribution in [3.05, 3.63) is 89.5 Å². The SMILES string of the molecule is O=C(C[C@H](Cc1ccccc1)C(=O)N[C@@H](Cc1c[nH]cn1)C(=O)O)c1cccc(C(F)(F)F)c1. The number of alkyl halides is 3. The van der Waals surface area contributed by atoms with Crippen LogP contribution in [-0.2, 0) is 28.6 Å². The van der Waals surface area contributed by atoms with E-state index in [0.717, 1.165) is 23.8 Å². The lowest BCUT2D eigenvalue weighted by Crippen LogP contribution is -2.45. The molecule has 0 aliphatic rings. The van der Waals surface area contributed by atoms with Crippen LogP contribution in [0.5, 0.6) is 0 Å². The van der Waals surface area contributed by atoms with Crippen molar-refractivity contribution in [2.24, 2.45) is 5.92 Å². The molecule has 0 unspecified atom stereocenters. The van der Waals surface area contributed by atoms with Crippen molar-refractivity contribution in [1.29, 1.82) is 0 Å². The Morgan fingerprint density at radius 1 is 1.03 bits per heavy atom. The Kier molecular flexibility index (Phi) is 7.83. The number of Topliss-reactive ketones (excluding diaryl/α,β-unsaturated/α-hetero) is 1. The fourth-order valence-electron chi connectivity index (χ4n) is 3.47. The summed E-state index contributed by atoms with van der Waals surface area (Å²) in [6, 6.07) is 11.5. The summed E-state index contributed by atoms with van der Waals surface area (Å²) in [5.41, 5.74) is 0.00497. The fourth-order valence-corrected chi connectivity index (χ4v) is 3.47. The van der Waals surface area contributed by atoms with Gasteiger partial charge in [-0.2, -0.15) is 13.2 Å². The Morgan fingerprint density at radius 3 is 2.38 bits per heavy atom. The molecule has 0 spiro atoms. The lowest BCUT2D eigenvalue weighted by molar-refractivity contribution is -0.142. The molecule has 3 N–H and O–H groups in total. The second-order valence-electron chi connectivity index (χ2n) is 7.76. The standard InChI is InChI=1S/C24H22F3N3O4/c25-24(26,27)18-8-4-7-16(10-18)21(31)11-17(9-15-5-2-1-3-6-15)22(32)30-20(23(33)34)12-19-13-28-14-29-19/h1-8,10,13-14,17,20H,9,11-12H2,(H,28,29)(H,30,32)(H,33,34)/t17-,20-/m0/s1. The van der Waals surface area contributed by atoms with Crippen LogP contribution in [0.1, 0.15) is 33.6 Å². The number of aliphatic carboxylic acids is 1. The van der Waals surface area contributed by atoms with E-state index in [1.165, 1.54) is 18.6 Å². The first-order chi connectivity index (χ1) is 16.1. The van der Waals surface area contributed by atoms with Gasteiger partial charge in [-0.15, -0.1) is 0 Å². The van der Waals surface area contributed by atoms with Gasteiger partial charge in [-0.05, 0) is 24.1 Å². The van der Waals surface area contributed by atoms with Gasteiger partial charge in [-0.25, -0.2) is 9.78 Å². The number of aromatic nitrogens is 2. The van der Waals surface area contributed by atoms with Gasteiger partial charge in [-0.1, -0.05) is 42.5 Å². The van der Waals surface area contributed by atoms with Gasteiger partial charge in [0, 0.05) is 30.5 Å². The van der Waals surface area contributed by atoms with Crippen LogP contribution in [0, 0.1) is 5.92 Å². The number of amides is 1. The lowest BCUT2D eigenvalue weighted by atomic mass is 9.90. The number of aromatic amines is 1. The Bertz CT molecular complexity index is 1130. The normalized spacial score (nSPS) is 13.1. The lowest BCUT2D eigenvalue weighted by Gasteiger charge is -2.20. The minimum Gasteiger partial charge on any atom is -0.480 e.